The van der Waals surface area contributed by atoms with Crippen LogP contribution in [-0.4, -0.2) is 29.8 Å². The molecular formula is C18H19ClN4O2. The molecule has 7 heteroatoms. The number of fused-ring (bicyclic) bond motifs is 1. The molecule has 0 fully saturated rings. The minimum Gasteiger partial charge on any atom is -0.484 e. The lowest BCUT2D eigenvalue weighted by molar-refractivity contribution is -0.122. The molecule has 0 unspecified atom stereocenters. The van der Waals surface area contributed by atoms with E-state index in [0.717, 1.165) is 22.2 Å². The van der Waals surface area contributed by atoms with Crippen LogP contribution >= 0.6 is 12.4 Å². The van der Waals surface area contributed by atoms with Crippen LogP contribution in [0.25, 0.3) is 10.8 Å². The third-order valence-corrected chi connectivity index (χ3v) is 3.64. The van der Waals surface area contributed by atoms with E-state index in [0.29, 0.717) is 11.6 Å². The second-order valence-electron chi connectivity index (χ2n) is 5.29. The first-order valence-electron chi connectivity index (χ1n) is 7.60. The summed E-state index contributed by atoms with van der Waals surface area (Å²) in [4.78, 5) is 11.2. The molecule has 2 N–H and O–H groups in total. The van der Waals surface area contributed by atoms with Gasteiger partial charge < -0.3 is 15.4 Å². The van der Waals surface area contributed by atoms with E-state index in [9.17, 15) is 4.79 Å². The van der Waals surface area contributed by atoms with Crippen molar-refractivity contribution in [1.29, 1.82) is 0 Å². The predicted octanol–water partition coefficient (Wildman–Crippen LogP) is 3.23. The molecule has 25 heavy (non-hydrogen) atoms. The third kappa shape index (κ3) is 4.36. The van der Waals surface area contributed by atoms with Crippen LogP contribution in [0.4, 0.5) is 11.5 Å². The number of nitrogens with one attached hydrogen (secondary N) is 2. The molecule has 3 aromatic rings. The maximum atomic E-state index is 11.2. The molecule has 1 amide bonds. The first-order chi connectivity index (χ1) is 11.7. The molecule has 0 aliphatic heterocycles. The van der Waals surface area contributed by atoms with E-state index >= 15 is 0 Å². The molecule has 1 heterocycles. The summed E-state index contributed by atoms with van der Waals surface area (Å²) < 4.78 is 5.38. The van der Waals surface area contributed by atoms with Gasteiger partial charge in [-0.05, 0) is 31.2 Å². The van der Waals surface area contributed by atoms with Crippen molar-refractivity contribution in [3.63, 3.8) is 0 Å². The van der Waals surface area contributed by atoms with Crippen LogP contribution in [0.2, 0.25) is 0 Å². The highest BCUT2D eigenvalue weighted by Gasteiger charge is 2.07. The average molecular weight is 359 g/mol. The number of anilines is 2. The summed E-state index contributed by atoms with van der Waals surface area (Å²) in [5.41, 5.74) is 1.76. The number of amides is 1. The number of hydrogen-bond donors (Lipinski definition) is 2. The number of carbonyl (C=O) groups is 1. The Kier molecular flexibility index (Phi) is 6.14. The van der Waals surface area contributed by atoms with Crippen molar-refractivity contribution in [1.82, 2.24) is 15.5 Å². The largest absolute Gasteiger partial charge is 0.484 e. The van der Waals surface area contributed by atoms with Crippen LogP contribution in [0, 0.1) is 6.92 Å². The Labute approximate surface area is 152 Å². The summed E-state index contributed by atoms with van der Waals surface area (Å²) in [5, 5.41) is 16.3. The summed E-state index contributed by atoms with van der Waals surface area (Å²) in [6, 6.07) is 15.3. The van der Waals surface area contributed by atoms with Gasteiger partial charge in [0.2, 0.25) is 0 Å². The quantitative estimate of drug-likeness (QED) is 0.732. The summed E-state index contributed by atoms with van der Waals surface area (Å²) in [5.74, 6) is 1.16. The summed E-state index contributed by atoms with van der Waals surface area (Å²) in [6.45, 7) is 1.94. The number of halogens is 1. The lowest BCUT2D eigenvalue weighted by atomic mass is 10.1. The lowest BCUT2D eigenvalue weighted by Crippen LogP contribution is -2.24. The number of carbonyl (C=O) groups excluding carboxylic acids is 1. The van der Waals surface area contributed by atoms with E-state index < -0.39 is 0 Å². The van der Waals surface area contributed by atoms with Crippen molar-refractivity contribution in [2.24, 2.45) is 0 Å². The lowest BCUT2D eigenvalue weighted by Gasteiger charge is -2.10. The van der Waals surface area contributed by atoms with Crippen molar-refractivity contribution in [3.05, 3.63) is 54.2 Å². The van der Waals surface area contributed by atoms with Gasteiger partial charge in [0.1, 0.15) is 5.75 Å². The van der Waals surface area contributed by atoms with Crippen molar-refractivity contribution >= 4 is 40.6 Å². The Hall–Kier alpha value is -2.86. The van der Waals surface area contributed by atoms with E-state index in [1.54, 1.807) is 19.2 Å². The molecule has 0 saturated carbocycles. The molecule has 3 rings (SSSR count). The van der Waals surface area contributed by atoms with Crippen molar-refractivity contribution in [2.45, 2.75) is 6.92 Å². The first kappa shape index (κ1) is 18.5. The highest BCUT2D eigenvalue weighted by Crippen LogP contribution is 2.26. The fourth-order valence-corrected chi connectivity index (χ4v) is 2.32. The number of nitrogens with zero attached hydrogens (tertiary/aromatic N) is 2. The molecule has 6 nitrogen and oxygen atoms in total. The number of rotatable bonds is 5. The molecule has 1 aromatic heterocycles. The second-order valence-corrected chi connectivity index (χ2v) is 5.29. The minimum absolute atomic E-state index is 0. The van der Waals surface area contributed by atoms with Crippen LogP contribution in [-0.2, 0) is 4.79 Å². The zero-order valence-corrected chi connectivity index (χ0v) is 14.8. The maximum absolute atomic E-state index is 11.2. The number of likely N-dealkylation sites (N-methyl/N-ethyl adjacent to an activating group) is 1. The van der Waals surface area contributed by atoms with Gasteiger partial charge in [-0.3, -0.25) is 4.79 Å². The van der Waals surface area contributed by atoms with Gasteiger partial charge in [0, 0.05) is 23.5 Å². The van der Waals surface area contributed by atoms with Crippen LogP contribution in [0.15, 0.2) is 48.5 Å². The van der Waals surface area contributed by atoms with E-state index in [-0.39, 0.29) is 24.9 Å². The van der Waals surface area contributed by atoms with Crippen LogP contribution in [0.5, 0.6) is 5.75 Å². The smallest absolute Gasteiger partial charge is 0.257 e. The van der Waals surface area contributed by atoms with Gasteiger partial charge >= 0.3 is 0 Å². The van der Waals surface area contributed by atoms with Crippen molar-refractivity contribution in [3.8, 4) is 5.75 Å². The Balaban J connectivity index is 0.00000225. The highest BCUT2D eigenvalue weighted by molar-refractivity contribution is 5.94. The molecule has 0 spiro atoms. The molecule has 0 saturated heterocycles. The molecule has 2 aromatic carbocycles. The number of benzene rings is 2. The SMILES string of the molecule is CNC(=O)COc1ccc(Nc2nnc(C)c3ccccc23)cc1.Cl. The minimum atomic E-state index is -0.168. The van der Waals surface area contributed by atoms with Crippen molar-refractivity contribution in [2.75, 3.05) is 19.0 Å². The standard InChI is InChI=1S/C18H18N4O2.ClH/c1-12-15-5-3-4-6-16(15)18(22-21-12)20-13-7-9-14(10-8-13)24-11-17(23)19-2;/h3-10H,11H2,1-2H3,(H,19,23)(H,20,22);1H. The molecule has 130 valence electrons. The maximum Gasteiger partial charge on any atom is 0.257 e. The molecule has 0 atom stereocenters. The van der Waals surface area contributed by atoms with Crippen molar-refractivity contribution < 1.29 is 9.53 Å². The monoisotopic (exact) mass is 358 g/mol. The number of hydrogen-bond acceptors (Lipinski definition) is 5. The number of aryl methyl sites for hydroxylation is 1. The highest BCUT2D eigenvalue weighted by atomic mass is 35.5. The van der Waals surface area contributed by atoms with Crippen LogP contribution in [0.3, 0.4) is 0 Å². The molecule has 0 aliphatic rings. The number of ether oxygens (including phenoxy) is 1. The number of aromatic nitrogens is 2. The van der Waals surface area contributed by atoms with E-state index in [4.69, 9.17) is 4.74 Å². The Morgan fingerprint density at radius 3 is 2.40 bits per heavy atom. The molecule has 0 bridgehead atoms. The fraction of sp³-hybridized carbons (Fsp3) is 0.167. The van der Waals surface area contributed by atoms with Gasteiger partial charge in [0.05, 0.1) is 5.69 Å². The first-order valence-corrected chi connectivity index (χ1v) is 7.60. The van der Waals surface area contributed by atoms with Gasteiger partial charge in [-0.1, -0.05) is 24.3 Å². The normalized spacial score (nSPS) is 10.0. The van der Waals surface area contributed by atoms with Gasteiger partial charge in [-0.15, -0.1) is 17.5 Å². The predicted molar refractivity (Wildman–Crippen MR) is 101 cm³/mol. The average Bonchev–Trinajstić information content (AvgIpc) is 2.63. The summed E-state index contributed by atoms with van der Waals surface area (Å²) in [6.07, 6.45) is 0. The van der Waals surface area contributed by atoms with Crippen LogP contribution in [0.1, 0.15) is 5.69 Å². The zero-order chi connectivity index (χ0) is 16.9. The fourth-order valence-electron chi connectivity index (χ4n) is 2.32. The van der Waals surface area contributed by atoms with Gasteiger partial charge in [-0.2, -0.15) is 5.10 Å². The summed E-state index contributed by atoms with van der Waals surface area (Å²) in [7, 11) is 1.58. The van der Waals surface area contributed by atoms with E-state index in [1.165, 1.54) is 0 Å². The summed E-state index contributed by atoms with van der Waals surface area (Å²) >= 11 is 0. The zero-order valence-electron chi connectivity index (χ0n) is 13.9. The Bertz CT molecular complexity index is 869. The van der Waals surface area contributed by atoms with Gasteiger partial charge in [0.15, 0.2) is 12.4 Å². The molecular weight excluding hydrogens is 340 g/mol. The third-order valence-electron chi connectivity index (χ3n) is 3.64. The van der Waals surface area contributed by atoms with E-state index in [2.05, 4.69) is 20.8 Å². The Morgan fingerprint density at radius 2 is 1.72 bits per heavy atom. The molecule has 0 radical (unpaired) electrons. The topological polar surface area (TPSA) is 76.1 Å². The van der Waals surface area contributed by atoms with Crippen LogP contribution < -0.4 is 15.4 Å². The Morgan fingerprint density at radius 1 is 1.04 bits per heavy atom. The van der Waals surface area contributed by atoms with Gasteiger partial charge in [0.25, 0.3) is 5.91 Å². The second kappa shape index (κ2) is 8.30. The van der Waals surface area contributed by atoms with Gasteiger partial charge in [-0.25, -0.2) is 0 Å². The molecule has 0 aliphatic carbocycles. The van der Waals surface area contributed by atoms with E-state index in [1.807, 2.05) is 43.3 Å².